The summed E-state index contributed by atoms with van der Waals surface area (Å²) in [5.74, 6) is 0.0815. The zero-order valence-electron chi connectivity index (χ0n) is 11.9. The summed E-state index contributed by atoms with van der Waals surface area (Å²) in [5.41, 5.74) is 1.03. The van der Waals surface area contributed by atoms with Crippen molar-refractivity contribution in [2.45, 2.75) is 45.7 Å². The Bertz CT molecular complexity index is 407. The van der Waals surface area contributed by atoms with Gasteiger partial charge in [-0.15, -0.1) is 0 Å². The molecule has 19 heavy (non-hydrogen) atoms. The van der Waals surface area contributed by atoms with Crippen molar-refractivity contribution >= 4 is 17.5 Å². The van der Waals surface area contributed by atoms with E-state index in [1.807, 2.05) is 31.2 Å². The Morgan fingerprint density at radius 1 is 1.32 bits per heavy atom. The minimum atomic E-state index is -0.00995. The summed E-state index contributed by atoms with van der Waals surface area (Å²) in [6.07, 6.45) is 1.40. The van der Waals surface area contributed by atoms with Crippen LogP contribution in [0.25, 0.3) is 0 Å². The van der Waals surface area contributed by atoms with Crippen LogP contribution in [0.15, 0.2) is 24.3 Å². The molecule has 1 aromatic carbocycles. The highest BCUT2D eigenvalue weighted by atomic mass is 35.5. The van der Waals surface area contributed by atoms with Gasteiger partial charge >= 0.3 is 0 Å². The SMILES string of the molecule is CC(C)NCCCC(=O)N[C@@H](C)c1cccc(Cl)c1. The Morgan fingerprint density at radius 3 is 2.68 bits per heavy atom. The topological polar surface area (TPSA) is 41.1 Å². The van der Waals surface area contributed by atoms with Crippen LogP contribution in [-0.2, 0) is 4.79 Å². The molecule has 0 saturated heterocycles. The normalized spacial score (nSPS) is 12.5. The lowest BCUT2D eigenvalue weighted by atomic mass is 10.1. The molecule has 0 heterocycles. The maximum Gasteiger partial charge on any atom is 0.220 e. The number of amides is 1. The van der Waals surface area contributed by atoms with E-state index >= 15 is 0 Å². The molecule has 0 spiro atoms. The van der Waals surface area contributed by atoms with E-state index in [0.717, 1.165) is 18.5 Å². The molecule has 0 aliphatic heterocycles. The van der Waals surface area contributed by atoms with Crippen molar-refractivity contribution in [3.63, 3.8) is 0 Å². The molecule has 2 N–H and O–H groups in total. The fourth-order valence-corrected chi connectivity index (χ4v) is 2.01. The van der Waals surface area contributed by atoms with Crippen molar-refractivity contribution in [1.29, 1.82) is 0 Å². The number of nitrogens with one attached hydrogen (secondary N) is 2. The highest BCUT2D eigenvalue weighted by Crippen LogP contribution is 2.17. The van der Waals surface area contributed by atoms with Gasteiger partial charge in [-0.2, -0.15) is 0 Å². The highest BCUT2D eigenvalue weighted by Gasteiger charge is 2.09. The van der Waals surface area contributed by atoms with E-state index in [0.29, 0.717) is 17.5 Å². The van der Waals surface area contributed by atoms with Crippen LogP contribution in [-0.4, -0.2) is 18.5 Å². The summed E-state index contributed by atoms with van der Waals surface area (Å²) < 4.78 is 0. The molecular formula is C15H23ClN2O. The van der Waals surface area contributed by atoms with Gasteiger partial charge in [0.05, 0.1) is 6.04 Å². The lowest BCUT2D eigenvalue weighted by Gasteiger charge is -2.15. The molecule has 0 aliphatic carbocycles. The highest BCUT2D eigenvalue weighted by molar-refractivity contribution is 6.30. The molecule has 3 nitrogen and oxygen atoms in total. The summed E-state index contributed by atoms with van der Waals surface area (Å²) in [6, 6.07) is 8.03. The molecule has 1 aromatic rings. The van der Waals surface area contributed by atoms with Crippen LogP contribution in [0.3, 0.4) is 0 Å². The Kier molecular flexibility index (Phi) is 6.89. The standard InChI is InChI=1S/C15H23ClN2O/c1-11(2)17-9-5-8-15(19)18-12(3)13-6-4-7-14(16)10-13/h4,6-7,10-12,17H,5,8-9H2,1-3H3,(H,18,19)/t12-/m0/s1. The zero-order chi connectivity index (χ0) is 14.3. The fraction of sp³-hybridized carbons (Fsp3) is 0.533. The van der Waals surface area contributed by atoms with Crippen molar-refractivity contribution in [2.24, 2.45) is 0 Å². The Labute approximate surface area is 120 Å². The summed E-state index contributed by atoms with van der Waals surface area (Å²) in [4.78, 5) is 11.8. The van der Waals surface area contributed by atoms with Gasteiger partial charge in [-0.25, -0.2) is 0 Å². The molecular weight excluding hydrogens is 260 g/mol. The monoisotopic (exact) mass is 282 g/mol. The largest absolute Gasteiger partial charge is 0.350 e. The number of carbonyl (C=O) groups is 1. The van der Waals surface area contributed by atoms with E-state index in [4.69, 9.17) is 11.6 Å². The molecule has 0 aromatic heterocycles. The molecule has 0 radical (unpaired) electrons. The number of carbonyl (C=O) groups excluding carboxylic acids is 1. The van der Waals surface area contributed by atoms with Crippen molar-refractivity contribution in [1.82, 2.24) is 10.6 Å². The smallest absolute Gasteiger partial charge is 0.220 e. The van der Waals surface area contributed by atoms with Crippen molar-refractivity contribution in [3.05, 3.63) is 34.9 Å². The van der Waals surface area contributed by atoms with Crippen molar-refractivity contribution < 1.29 is 4.79 Å². The average Bonchev–Trinajstić information content (AvgIpc) is 2.34. The first-order valence-corrected chi connectivity index (χ1v) is 7.15. The van der Waals surface area contributed by atoms with E-state index < -0.39 is 0 Å². The summed E-state index contributed by atoms with van der Waals surface area (Å²) in [6.45, 7) is 7.04. The van der Waals surface area contributed by atoms with Gasteiger partial charge in [0, 0.05) is 17.5 Å². The first-order valence-electron chi connectivity index (χ1n) is 6.77. The first kappa shape index (κ1) is 16.0. The third kappa shape index (κ3) is 6.60. The van der Waals surface area contributed by atoms with Crippen molar-refractivity contribution in [3.8, 4) is 0 Å². The molecule has 0 bridgehead atoms. The molecule has 1 amide bonds. The predicted molar refractivity (Wildman–Crippen MR) is 80.4 cm³/mol. The van der Waals surface area contributed by atoms with Gasteiger partial charge in [-0.05, 0) is 37.6 Å². The molecule has 1 atom stereocenters. The second kappa shape index (κ2) is 8.18. The quantitative estimate of drug-likeness (QED) is 0.754. The molecule has 1 rings (SSSR count). The number of benzene rings is 1. The van der Waals surface area contributed by atoms with E-state index in [1.165, 1.54) is 0 Å². The fourth-order valence-electron chi connectivity index (χ4n) is 1.81. The van der Waals surface area contributed by atoms with Crippen LogP contribution in [0.4, 0.5) is 0 Å². The van der Waals surface area contributed by atoms with E-state index in [9.17, 15) is 4.79 Å². The second-order valence-electron chi connectivity index (χ2n) is 5.06. The summed E-state index contributed by atoms with van der Waals surface area (Å²) in [5, 5.41) is 6.98. The van der Waals surface area contributed by atoms with Gasteiger partial charge in [0.15, 0.2) is 0 Å². The van der Waals surface area contributed by atoms with Gasteiger partial charge in [-0.3, -0.25) is 4.79 Å². The van der Waals surface area contributed by atoms with Gasteiger partial charge in [-0.1, -0.05) is 37.6 Å². The zero-order valence-corrected chi connectivity index (χ0v) is 12.6. The second-order valence-corrected chi connectivity index (χ2v) is 5.49. The van der Waals surface area contributed by atoms with Crippen LogP contribution < -0.4 is 10.6 Å². The minimum absolute atomic E-state index is 0.00995. The molecule has 4 heteroatoms. The van der Waals surface area contributed by atoms with Gasteiger partial charge < -0.3 is 10.6 Å². The van der Waals surface area contributed by atoms with Crippen LogP contribution in [0.1, 0.15) is 45.2 Å². The van der Waals surface area contributed by atoms with Gasteiger partial charge in [0.2, 0.25) is 5.91 Å². The molecule has 0 aliphatic rings. The molecule has 0 saturated carbocycles. The summed E-state index contributed by atoms with van der Waals surface area (Å²) >= 11 is 5.94. The number of halogens is 1. The number of hydrogen-bond acceptors (Lipinski definition) is 2. The maximum atomic E-state index is 11.8. The number of rotatable bonds is 7. The van der Waals surface area contributed by atoms with Crippen LogP contribution in [0.5, 0.6) is 0 Å². The van der Waals surface area contributed by atoms with E-state index in [1.54, 1.807) is 0 Å². The Morgan fingerprint density at radius 2 is 2.05 bits per heavy atom. The summed E-state index contributed by atoms with van der Waals surface area (Å²) in [7, 11) is 0. The van der Waals surface area contributed by atoms with Crippen LogP contribution in [0.2, 0.25) is 5.02 Å². The Balaban J connectivity index is 2.32. The number of hydrogen-bond donors (Lipinski definition) is 2. The third-order valence-electron chi connectivity index (χ3n) is 2.86. The Hall–Kier alpha value is -1.06. The molecule has 106 valence electrons. The molecule has 0 unspecified atom stereocenters. The molecule has 0 fully saturated rings. The predicted octanol–water partition coefficient (Wildman–Crippen LogP) is 3.30. The maximum absolute atomic E-state index is 11.8. The lowest BCUT2D eigenvalue weighted by Crippen LogP contribution is -2.28. The van der Waals surface area contributed by atoms with E-state index in [-0.39, 0.29) is 11.9 Å². The van der Waals surface area contributed by atoms with E-state index in [2.05, 4.69) is 24.5 Å². The lowest BCUT2D eigenvalue weighted by molar-refractivity contribution is -0.121. The minimum Gasteiger partial charge on any atom is -0.350 e. The van der Waals surface area contributed by atoms with Crippen molar-refractivity contribution in [2.75, 3.05) is 6.54 Å². The first-order chi connectivity index (χ1) is 8.99. The van der Waals surface area contributed by atoms with Crippen LogP contribution in [0, 0.1) is 0 Å². The average molecular weight is 283 g/mol. The van der Waals surface area contributed by atoms with Crippen LogP contribution >= 0.6 is 11.6 Å². The third-order valence-corrected chi connectivity index (χ3v) is 3.09. The van der Waals surface area contributed by atoms with Gasteiger partial charge in [0.25, 0.3) is 0 Å². The van der Waals surface area contributed by atoms with Gasteiger partial charge in [0.1, 0.15) is 0 Å².